The molecule has 2 aromatic rings. The molecular weight excluding hydrogens is 377 g/mol. The minimum Gasteiger partial charge on any atom is -0.381 e. The highest BCUT2D eigenvalue weighted by Crippen LogP contribution is 2.38. The molecule has 0 fully saturated rings. The summed E-state index contributed by atoms with van der Waals surface area (Å²) in [7, 11) is 0. The van der Waals surface area contributed by atoms with Crippen LogP contribution in [-0.4, -0.2) is 11.8 Å². The second kappa shape index (κ2) is 6.18. The van der Waals surface area contributed by atoms with Crippen molar-refractivity contribution in [2.45, 2.75) is 16.6 Å². The SMILES string of the molecule is Clc1cc(Br)cc(Cl)c1NCC1Cc2ccccc2S1. The summed E-state index contributed by atoms with van der Waals surface area (Å²) in [6, 6.07) is 12.3. The average Bonchev–Trinajstić information content (AvgIpc) is 2.80. The highest BCUT2D eigenvalue weighted by molar-refractivity contribution is 9.10. The van der Waals surface area contributed by atoms with Crippen LogP contribution in [0.3, 0.4) is 0 Å². The molecule has 0 spiro atoms. The van der Waals surface area contributed by atoms with Gasteiger partial charge in [0.15, 0.2) is 0 Å². The highest BCUT2D eigenvalue weighted by Gasteiger charge is 2.22. The smallest absolute Gasteiger partial charge is 0.0720 e. The van der Waals surface area contributed by atoms with Gasteiger partial charge in [-0.15, -0.1) is 11.8 Å². The Morgan fingerprint density at radius 1 is 1.20 bits per heavy atom. The summed E-state index contributed by atoms with van der Waals surface area (Å²) >= 11 is 17.7. The Hall–Kier alpha value is -0.350. The van der Waals surface area contributed by atoms with Gasteiger partial charge in [-0.05, 0) is 30.2 Å². The Morgan fingerprint density at radius 3 is 2.60 bits per heavy atom. The number of rotatable bonds is 3. The van der Waals surface area contributed by atoms with Crippen LogP contribution in [0, 0.1) is 0 Å². The lowest BCUT2D eigenvalue weighted by molar-refractivity contribution is 0.899. The number of hydrogen-bond acceptors (Lipinski definition) is 2. The fourth-order valence-electron chi connectivity index (χ4n) is 2.29. The summed E-state index contributed by atoms with van der Waals surface area (Å²) in [5, 5.41) is 5.18. The number of anilines is 1. The van der Waals surface area contributed by atoms with Crippen LogP contribution in [0.2, 0.25) is 10.0 Å². The van der Waals surface area contributed by atoms with Gasteiger partial charge in [-0.2, -0.15) is 0 Å². The van der Waals surface area contributed by atoms with Crippen molar-refractivity contribution >= 4 is 56.6 Å². The van der Waals surface area contributed by atoms with E-state index in [1.807, 2.05) is 23.9 Å². The summed E-state index contributed by atoms with van der Waals surface area (Å²) in [4.78, 5) is 1.38. The van der Waals surface area contributed by atoms with Crippen LogP contribution in [-0.2, 0) is 6.42 Å². The first kappa shape index (κ1) is 14.6. The number of nitrogens with one attached hydrogen (secondary N) is 1. The molecule has 3 rings (SSSR count). The quantitative estimate of drug-likeness (QED) is 0.703. The summed E-state index contributed by atoms with van der Waals surface area (Å²) in [6.07, 6.45) is 1.08. The van der Waals surface area contributed by atoms with E-state index < -0.39 is 0 Å². The summed E-state index contributed by atoms with van der Waals surface area (Å²) in [5.74, 6) is 0. The number of halogens is 3. The third-order valence-corrected chi connectivity index (χ3v) is 5.60. The van der Waals surface area contributed by atoms with E-state index in [0.717, 1.165) is 23.1 Å². The van der Waals surface area contributed by atoms with E-state index in [1.54, 1.807) is 0 Å². The lowest BCUT2D eigenvalue weighted by Crippen LogP contribution is -2.16. The predicted octanol–water partition coefficient (Wildman–Crippen LogP) is 5.88. The minimum atomic E-state index is 0.517. The monoisotopic (exact) mass is 387 g/mol. The molecule has 20 heavy (non-hydrogen) atoms. The Bertz CT molecular complexity index is 600. The molecule has 0 saturated carbocycles. The lowest BCUT2D eigenvalue weighted by atomic mass is 10.1. The van der Waals surface area contributed by atoms with Gasteiger partial charge in [0.1, 0.15) is 0 Å². The molecule has 0 saturated heterocycles. The number of thioether (sulfide) groups is 1. The van der Waals surface area contributed by atoms with Crippen molar-refractivity contribution in [3.8, 4) is 0 Å². The van der Waals surface area contributed by atoms with E-state index in [4.69, 9.17) is 23.2 Å². The summed E-state index contributed by atoms with van der Waals surface area (Å²) < 4.78 is 0.890. The zero-order valence-electron chi connectivity index (χ0n) is 10.5. The van der Waals surface area contributed by atoms with Crippen LogP contribution in [0.25, 0.3) is 0 Å². The molecule has 1 unspecified atom stereocenters. The first-order chi connectivity index (χ1) is 9.63. The Labute approximate surface area is 141 Å². The van der Waals surface area contributed by atoms with Crippen molar-refractivity contribution in [3.63, 3.8) is 0 Å². The Kier molecular flexibility index (Phi) is 4.51. The zero-order valence-corrected chi connectivity index (χ0v) is 14.4. The van der Waals surface area contributed by atoms with Crippen molar-refractivity contribution in [1.82, 2.24) is 0 Å². The summed E-state index contributed by atoms with van der Waals surface area (Å²) in [5.41, 5.74) is 2.24. The molecule has 0 bridgehead atoms. The lowest BCUT2D eigenvalue weighted by Gasteiger charge is -2.14. The molecule has 1 aliphatic heterocycles. The van der Waals surface area contributed by atoms with Gasteiger partial charge in [-0.25, -0.2) is 0 Å². The van der Waals surface area contributed by atoms with Gasteiger partial charge in [-0.1, -0.05) is 57.3 Å². The Morgan fingerprint density at radius 2 is 1.90 bits per heavy atom. The number of fused-ring (bicyclic) bond motifs is 1. The van der Waals surface area contributed by atoms with E-state index in [2.05, 4.69) is 45.5 Å². The maximum atomic E-state index is 6.23. The second-order valence-electron chi connectivity index (χ2n) is 4.68. The molecule has 1 nitrogen and oxygen atoms in total. The second-order valence-corrected chi connectivity index (χ2v) is 7.75. The van der Waals surface area contributed by atoms with E-state index in [9.17, 15) is 0 Å². The van der Waals surface area contributed by atoms with E-state index in [1.165, 1.54) is 10.5 Å². The molecule has 1 N–H and O–H groups in total. The van der Waals surface area contributed by atoms with E-state index in [0.29, 0.717) is 15.3 Å². The molecule has 1 aliphatic rings. The van der Waals surface area contributed by atoms with Gasteiger partial charge in [0.05, 0.1) is 15.7 Å². The molecule has 0 aromatic heterocycles. The van der Waals surface area contributed by atoms with Crippen molar-refractivity contribution in [2.75, 3.05) is 11.9 Å². The van der Waals surface area contributed by atoms with Gasteiger partial charge >= 0.3 is 0 Å². The zero-order chi connectivity index (χ0) is 14.1. The van der Waals surface area contributed by atoms with Gasteiger partial charge in [0.2, 0.25) is 0 Å². The van der Waals surface area contributed by atoms with E-state index in [-0.39, 0.29) is 0 Å². The molecule has 2 aromatic carbocycles. The van der Waals surface area contributed by atoms with Crippen LogP contribution in [0.4, 0.5) is 5.69 Å². The number of benzene rings is 2. The highest BCUT2D eigenvalue weighted by atomic mass is 79.9. The molecule has 0 amide bonds. The normalized spacial score (nSPS) is 17.1. The van der Waals surface area contributed by atoms with Crippen molar-refractivity contribution < 1.29 is 0 Å². The minimum absolute atomic E-state index is 0.517. The summed E-state index contributed by atoms with van der Waals surface area (Å²) in [6.45, 7) is 0.848. The Balaban J connectivity index is 1.67. The van der Waals surface area contributed by atoms with E-state index >= 15 is 0 Å². The van der Waals surface area contributed by atoms with Gasteiger partial charge in [0, 0.05) is 21.2 Å². The van der Waals surface area contributed by atoms with Gasteiger partial charge in [0.25, 0.3) is 0 Å². The maximum Gasteiger partial charge on any atom is 0.0720 e. The molecule has 0 radical (unpaired) electrons. The topological polar surface area (TPSA) is 12.0 Å². The fraction of sp³-hybridized carbons (Fsp3) is 0.200. The van der Waals surface area contributed by atoms with Crippen LogP contribution in [0.5, 0.6) is 0 Å². The third kappa shape index (κ3) is 3.11. The maximum absolute atomic E-state index is 6.23. The fourth-order valence-corrected chi connectivity index (χ4v) is 4.89. The van der Waals surface area contributed by atoms with Crippen LogP contribution in [0.1, 0.15) is 5.56 Å². The van der Waals surface area contributed by atoms with Crippen LogP contribution >= 0.6 is 50.9 Å². The largest absolute Gasteiger partial charge is 0.381 e. The third-order valence-electron chi connectivity index (χ3n) is 3.23. The molecule has 1 atom stereocenters. The predicted molar refractivity (Wildman–Crippen MR) is 92.4 cm³/mol. The van der Waals surface area contributed by atoms with Crippen molar-refractivity contribution in [1.29, 1.82) is 0 Å². The molecule has 1 heterocycles. The van der Waals surface area contributed by atoms with Crippen molar-refractivity contribution in [2.24, 2.45) is 0 Å². The first-order valence-electron chi connectivity index (χ1n) is 6.26. The molecule has 104 valence electrons. The van der Waals surface area contributed by atoms with Crippen molar-refractivity contribution in [3.05, 3.63) is 56.5 Å². The average molecular weight is 389 g/mol. The standard InChI is InChI=1S/C15H12BrCl2NS/c16-10-6-12(17)15(13(18)7-10)19-8-11-5-9-3-1-2-4-14(9)20-11/h1-4,6-7,11,19H,5,8H2. The molecule has 5 heteroatoms. The van der Waals surface area contributed by atoms with Gasteiger partial charge in [-0.3, -0.25) is 0 Å². The van der Waals surface area contributed by atoms with Gasteiger partial charge < -0.3 is 5.32 Å². The van der Waals surface area contributed by atoms with Crippen LogP contribution in [0.15, 0.2) is 45.8 Å². The first-order valence-corrected chi connectivity index (χ1v) is 8.69. The van der Waals surface area contributed by atoms with Crippen LogP contribution < -0.4 is 5.32 Å². The number of hydrogen-bond donors (Lipinski definition) is 1. The molecule has 0 aliphatic carbocycles. The molecular formula is C15H12BrCl2NS.